The molecule has 182 valence electrons. The molecule has 34 heavy (non-hydrogen) atoms. The Morgan fingerprint density at radius 2 is 1.47 bits per heavy atom. The van der Waals surface area contributed by atoms with Gasteiger partial charge in [0.1, 0.15) is 6.33 Å². The first-order valence-corrected chi connectivity index (χ1v) is 13.2. The van der Waals surface area contributed by atoms with E-state index in [9.17, 15) is 4.79 Å². The number of benzene rings is 2. The minimum Gasteiger partial charge on any atom is -0.493 e. The molecule has 2 aromatic carbocycles. The van der Waals surface area contributed by atoms with Crippen LogP contribution in [0.4, 0.5) is 5.69 Å². The fourth-order valence-electron chi connectivity index (χ4n) is 3.85. The normalized spacial score (nSPS) is 13.9. The molecule has 3 rings (SSSR count). The summed E-state index contributed by atoms with van der Waals surface area (Å²) in [4.78, 5) is 23.3. The van der Waals surface area contributed by atoms with Gasteiger partial charge in [0.15, 0.2) is 11.5 Å². The smallest absolute Gasteiger partial charge is 0.263 e. The van der Waals surface area contributed by atoms with Gasteiger partial charge >= 0.3 is 0 Å². The lowest BCUT2D eigenvalue weighted by Gasteiger charge is -2.39. The molecule has 0 bridgehead atoms. The fraction of sp³-hybridized carbons (Fsp3) is 0.346. The highest BCUT2D eigenvalue weighted by atomic mass is 32.3. The Morgan fingerprint density at radius 3 is 1.97 bits per heavy atom. The number of nitrogen functional groups attached to an aromatic ring is 1. The van der Waals surface area contributed by atoms with Crippen LogP contribution in [-0.2, 0) is 0 Å². The van der Waals surface area contributed by atoms with Gasteiger partial charge in [0.05, 0.1) is 19.8 Å². The van der Waals surface area contributed by atoms with Crippen LogP contribution in [0.2, 0.25) is 0 Å². The lowest BCUT2D eigenvalue weighted by molar-refractivity contribution is 0.0982. The van der Waals surface area contributed by atoms with Crippen molar-refractivity contribution in [2.24, 2.45) is 0 Å². The summed E-state index contributed by atoms with van der Waals surface area (Å²) in [6, 6.07) is 10.0. The molecule has 3 aromatic rings. The Labute approximate surface area is 203 Å². The Balaban J connectivity index is 2.27. The van der Waals surface area contributed by atoms with E-state index in [1.807, 2.05) is 18.2 Å². The van der Waals surface area contributed by atoms with Crippen LogP contribution < -0.4 is 19.9 Å². The quantitative estimate of drug-likeness (QED) is 0.410. The zero-order valence-corrected chi connectivity index (χ0v) is 21.7. The number of ether oxygens (including phenoxy) is 2. The second-order valence-corrected chi connectivity index (χ2v) is 11.8. The SMILES string of the molecule is COc1ccc(S(C)(NC(=O)c2cncnc2)c2cc(C(C)C)c(N)c(C(C)C)c2)cc1OC. The Kier molecular flexibility index (Phi) is 7.71. The molecule has 0 saturated heterocycles. The molecule has 0 aliphatic heterocycles. The largest absolute Gasteiger partial charge is 0.493 e. The van der Waals surface area contributed by atoms with Gasteiger partial charge in [-0.3, -0.25) is 4.79 Å². The molecular formula is C26H34N4O3S. The van der Waals surface area contributed by atoms with Gasteiger partial charge in [0, 0.05) is 27.9 Å². The van der Waals surface area contributed by atoms with Crippen LogP contribution in [0.1, 0.15) is 61.0 Å². The van der Waals surface area contributed by atoms with E-state index in [0.717, 1.165) is 26.6 Å². The zero-order valence-electron chi connectivity index (χ0n) is 20.9. The molecule has 0 spiro atoms. The third-order valence-electron chi connectivity index (χ3n) is 5.88. The van der Waals surface area contributed by atoms with Crippen molar-refractivity contribution in [2.75, 3.05) is 26.2 Å². The van der Waals surface area contributed by atoms with E-state index in [2.05, 4.69) is 60.8 Å². The van der Waals surface area contributed by atoms with Crippen LogP contribution in [0.3, 0.4) is 0 Å². The van der Waals surface area contributed by atoms with Gasteiger partial charge < -0.3 is 19.9 Å². The summed E-state index contributed by atoms with van der Waals surface area (Å²) >= 11 is 0. The predicted octanol–water partition coefficient (Wildman–Crippen LogP) is 5.52. The Morgan fingerprint density at radius 1 is 0.912 bits per heavy atom. The molecule has 1 heterocycles. The third kappa shape index (κ3) is 4.97. The number of carbonyl (C=O) groups excluding carboxylic acids is 1. The summed E-state index contributed by atoms with van der Waals surface area (Å²) in [7, 11) is 1.13. The molecule has 0 fully saturated rings. The number of nitrogens with zero attached hydrogens (tertiary/aromatic N) is 2. The predicted molar refractivity (Wildman–Crippen MR) is 138 cm³/mol. The van der Waals surface area contributed by atoms with Crippen LogP contribution in [-0.4, -0.2) is 36.4 Å². The molecular weight excluding hydrogens is 448 g/mol. The molecule has 1 unspecified atom stereocenters. The van der Waals surface area contributed by atoms with E-state index in [0.29, 0.717) is 17.1 Å². The van der Waals surface area contributed by atoms with Gasteiger partial charge in [0.25, 0.3) is 5.91 Å². The third-order valence-corrected chi connectivity index (χ3v) is 8.85. The highest BCUT2D eigenvalue weighted by molar-refractivity contribution is 8.32. The molecule has 0 radical (unpaired) electrons. The first-order valence-electron chi connectivity index (χ1n) is 11.1. The number of nitrogens with two attached hydrogens (primary N) is 1. The molecule has 1 atom stereocenters. The molecule has 7 nitrogen and oxygen atoms in total. The molecule has 3 N–H and O–H groups in total. The summed E-state index contributed by atoms with van der Waals surface area (Å²) < 4.78 is 14.3. The second-order valence-electron chi connectivity index (χ2n) is 8.82. The van der Waals surface area contributed by atoms with E-state index in [4.69, 9.17) is 15.2 Å². The highest BCUT2D eigenvalue weighted by Crippen LogP contribution is 2.59. The Hall–Kier alpha value is -3.26. The number of hydrogen-bond acceptors (Lipinski definition) is 6. The summed E-state index contributed by atoms with van der Waals surface area (Å²) in [5.41, 5.74) is 9.92. The topological polar surface area (TPSA) is 99.4 Å². The fourth-order valence-corrected chi connectivity index (χ4v) is 6.25. The van der Waals surface area contributed by atoms with E-state index < -0.39 is 10.2 Å². The number of methoxy groups -OCH3 is 2. The molecule has 1 amide bonds. The number of anilines is 1. The lowest BCUT2D eigenvalue weighted by atomic mass is 9.93. The Bertz CT molecular complexity index is 1140. The summed E-state index contributed by atoms with van der Waals surface area (Å²) in [5, 5.41) is 0. The number of nitrogens with one attached hydrogen (secondary N) is 1. The summed E-state index contributed by atoms with van der Waals surface area (Å²) in [6.07, 6.45) is 6.49. The average Bonchev–Trinajstić information content (AvgIpc) is 2.83. The minimum atomic E-state index is -2.08. The minimum absolute atomic E-state index is 0.227. The van der Waals surface area contributed by atoms with E-state index in [1.54, 1.807) is 14.2 Å². The number of carbonyl (C=O) groups is 1. The van der Waals surface area contributed by atoms with Gasteiger partial charge in [-0.05, 0) is 59.6 Å². The van der Waals surface area contributed by atoms with Crippen molar-refractivity contribution in [2.45, 2.75) is 49.3 Å². The van der Waals surface area contributed by atoms with Gasteiger partial charge in [-0.15, -0.1) is 10.2 Å². The molecule has 8 heteroatoms. The van der Waals surface area contributed by atoms with E-state index >= 15 is 0 Å². The van der Waals surface area contributed by atoms with E-state index in [1.165, 1.54) is 18.7 Å². The number of aromatic nitrogens is 2. The molecule has 0 aliphatic rings. The molecule has 1 aromatic heterocycles. The lowest BCUT2D eigenvalue weighted by Crippen LogP contribution is -2.28. The van der Waals surface area contributed by atoms with Crippen molar-refractivity contribution < 1.29 is 14.3 Å². The van der Waals surface area contributed by atoms with Crippen LogP contribution in [0, 0.1) is 0 Å². The van der Waals surface area contributed by atoms with Crippen molar-refractivity contribution in [3.05, 3.63) is 65.7 Å². The van der Waals surface area contributed by atoms with Crippen molar-refractivity contribution >= 4 is 21.8 Å². The summed E-state index contributed by atoms with van der Waals surface area (Å²) in [5.74, 6) is 1.43. The monoisotopic (exact) mass is 482 g/mol. The second kappa shape index (κ2) is 10.3. The van der Waals surface area contributed by atoms with Crippen molar-refractivity contribution in [3.63, 3.8) is 0 Å². The first kappa shape index (κ1) is 25.4. The van der Waals surface area contributed by atoms with Crippen LogP contribution in [0.15, 0.2) is 58.8 Å². The van der Waals surface area contributed by atoms with Crippen molar-refractivity contribution in [1.29, 1.82) is 0 Å². The standard InChI is InChI=1S/C26H34N4O3S/c1-16(2)21-10-20(11-22(17(3)4)25(21)27)34(7,30-26(31)18-13-28-15-29-14-18)19-8-9-23(32-5)24(12-19)33-6/h8-17H,27H2,1-7H3,(H,30,31). The maximum absolute atomic E-state index is 13.3. The van der Waals surface area contributed by atoms with Gasteiger partial charge in [-0.25, -0.2) is 9.97 Å². The molecule has 0 aliphatic carbocycles. The first-order chi connectivity index (χ1) is 16.1. The summed E-state index contributed by atoms with van der Waals surface area (Å²) in [6.45, 7) is 8.51. The molecule has 0 saturated carbocycles. The number of amides is 1. The number of rotatable bonds is 8. The van der Waals surface area contributed by atoms with Crippen LogP contribution in [0.25, 0.3) is 0 Å². The van der Waals surface area contributed by atoms with Crippen molar-refractivity contribution in [1.82, 2.24) is 14.7 Å². The van der Waals surface area contributed by atoms with Crippen LogP contribution >= 0.6 is 10.2 Å². The average molecular weight is 483 g/mol. The maximum atomic E-state index is 13.3. The van der Waals surface area contributed by atoms with Gasteiger partial charge in [-0.1, -0.05) is 27.7 Å². The van der Waals surface area contributed by atoms with E-state index in [-0.39, 0.29) is 17.7 Å². The maximum Gasteiger partial charge on any atom is 0.263 e. The highest BCUT2D eigenvalue weighted by Gasteiger charge is 2.30. The van der Waals surface area contributed by atoms with Gasteiger partial charge in [-0.2, -0.15) is 0 Å². The van der Waals surface area contributed by atoms with Crippen molar-refractivity contribution in [3.8, 4) is 11.5 Å². The van der Waals surface area contributed by atoms with Gasteiger partial charge in [0.2, 0.25) is 0 Å². The number of hydrogen-bond donors (Lipinski definition) is 2. The zero-order chi connectivity index (χ0) is 25.0. The van der Waals surface area contributed by atoms with Crippen LogP contribution in [0.5, 0.6) is 11.5 Å².